The van der Waals surface area contributed by atoms with E-state index in [9.17, 15) is 4.79 Å². The molecule has 1 N–H and O–H groups in total. The molecule has 1 atom stereocenters. The third-order valence-corrected chi connectivity index (χ3v) is 2.50. The Morgan fingerprint density at radius 1 is 1.56 bits per heavy atom. The highest BCUT2D eigenvalue weighted by Gasteiger charge is 2.10. The van der Waals surface area contributed by atoms with Gasteiger partial charge in [-0.15, -0.1) is 0 Å². The van der Waals surface area contributed by atoms with Crippen LogP contribution in [0.15, 0.2) is 18.2 Å². The van der Waals surface area contributed by atoms with Crippen molar-refractivity contribution in [2.45, 2.75) is 32.8 Å². The zero-order chi connectivity index (χ0) is 12.1. The highest BCUT2D eigenvalue weighted by Crippen LogP contribution is 2.27. The van der Waals surface area contributed by atoms with E-state index in [2.05, 4.69) is 6.92 Å². The molecule has 0 saturated carbocycles. The molecule has 16 heavy (non-hydrogen) atoms. The third-order valence-electron chi connectivity index (χ3n) is 2.20. The Labute approximate surface area is 100.0 Å². The summed E-state index contributed by atoms with van der Waals surface area (Å²) in [6, 6.07) is 4.48. The molecule has 0 aliphatic heterocycles. The van der Waals surface area contributed by atoms with E-state index in [0.29, 0.717) is 10.8 Å². The zero-order valence-electron chi connectivity index (χ0n) is 9.37. The summed E-state index contributed by atoms with van der Waals surface area (Å²) in [5.74, 6) is -0.456. The molecule has 0 heterocycles. The summed E-state index contributed by atoms with van der Waals surface area (Å²) in [5, 5.41) is 9.10. The van der Waals surface area contributed by atoms with Gasteiger partial charge in [-0.05, 0) is 31.5 Å². The molecule has 3 nitrogen and oxygen atoms in total. The number of carboxylic acid groups (broad SMARTS) is 1. The summed E-state index contributed by atoms with van der Waals surface area (Å²) in [7, 11) is 0. The maximum atomic E-state index is 10.7. The minimum Gasteiger partial charge on any atom is -0.489 e. The molecular weight excluding hydrogens is 228 g/mol. The van der Waals surface area contributed by atoms with Gasteiger partial charge in [-0.2, -0.15) is 0 Å². The first-order valence-corrected chi connectivity index (χ1v) is 5.62. The number of benzene rings is 1. The number of rotatable bonds is 5. The summed E-state index contributed by atoms with van der Waals surface area (Å²) in [6.07, 6.45) is 2.06. The third kappa shape index (κ3) is 3.42. The van der Waals surface area contributed by atoms with E-state index in [1.807, 2.05) is 6.92 Å². The second kappa shape index (κ2) is 5.75. The van der Waals surface area contributed by atoms with Crippen molar-refractivity contribution in [1.82, 2.24) is 0 Å². The van der Waals surface area contributed by atoms with Crippen LogP contribution >= 0.6 is 11.6 Å². The van der Waals surface area contributed by atoms with Gasteiger partial charge in [0.2, 0.25) is 0 Å². The quantitative estimate of drug-likeness (QED) is 0.858. The lowest BCUT2D eigenvalue weighted by Crippen LogP contribution is -2.11. The molecule has 4 heteroatoms. The minimum absolute atomic E-state index is 0.0816. The van der Waals surface area contributed by atoms with Crippen LogP contribution in [0.2, 0.25) is 5.02 Å². The van der Waals surface area contributed by atoms with E-state index in [0.717, 1.165) is 12.8 Å². The Kier molecular flexibility index (Phi) is 4.62. The molecule has 0 aliphatic carbocycles. The average Bonchev–Trinajstić information content (AvgIpc) is 2.21. The Morgan fingerprint density at radius 3 is 2.75 bits per heavy atom. The lowest BCUT2D eigenvalue weighted by atomic mass is 10.2. The van der Waals surface area contributed by atoms with Crippen molar-refractivity contribution in [2.24, 2.45) is 0 Å². The molecule has 88 valence electrons. The number of aromatic carboxylic acids is 1. The molecule has 1 rings (SSSR count). The van der Waals surface area contributed by atoms with Gasteiger partial charge in [-0.3, -0.25) is 0 Å². The Bertz CT molecular complexity index is 377. The number of hydrogen-bond donors (Lipinski definition) is 1. The fourth-order valence-electron chi connectivity index (χ4n) is 1.41. The van der Waals surface area contributed by atoms with Gasteiger partial charge in [-0.1, -0.05) is 24.9 Å². The molecule has 1 unspecified atom stereocenters. The number of halogens is 1. The van der Waals surface area contributed by atoms with Crippen LogP contribution in [0.4, 0.5) is 0 Å². The van der Waals surface area contributed by atoms with Crippen LogP contribution in [-0.4, -0.2) is 17.2 Å². The van der Waals surface area contributed by atoms with Crippen LogP contribution in [0.3, 0.4) is 0 Å². The second-order valence-corrected chi connectivity index (χ2v) is 4.07. The van der Waals surface area contributed by atoms with Gasteiger partial charge in [0, 0.05) is 0 Å². The van der Waals surface area contributed by atoms with Crippen LogP contribution in [0, 0.1) is 0 Å². The van der Waals surface area contributed by atoms with Crippen LogP contribution < -0.4 is 4.74 Å². The summed E-state index contributed by atoms with van der Waals surface area (Å²) in [5.41, 5.74) is 0.167. The second-order valence-electron chi connectivity index (χ2n) is 3.67. The average molecular weight is 243 g/mol. The standard InChI is InChI=1S/C12H15ClO3/c1-3-4-8(2)16-11-6-5-9(12(14)15)7-10(11)13/h5-8H,3-4H2,1-2H3,(H,14,15). The van der Waals surface area contributed by atoms with E-state index in [1.165, 1.54) is 12.1 Å². The Balaban J connectivity index is 2.79. The summed E-state index contributed by atoms with van der Waals surface area (Å²) in [4.78, 5) is 10.7. The molecule has 0 amide bonds. The number of hydrogen-bond acceptors (Lipinski definition) is 2. The number of ether oxygens (including phenoxy) is 1. The fourth-order valence-corrected chi connectivity index (χ4v) is 1.64. The van der Waals surface area contributed by atoms with Crippen molar-refractivity contribution >= 4 is 17.6 Å². The molecule has 1 aromatic carbocycles. The molecule has 0 spiro atoms. The highest BCUT2D eigenvalue weighted by molar-refractivity contribution is 6.32. The van der Waals surface area contributed by atoms with Crippen LogP contribution in [-0.2, 0) is 0 Å². The van der Waals surface area contributed by atoms with Crippen molar-refractivity contribution in [3.8, 4) is 5.75 Å². The van der Waals surface area contributed by atoms with E-state index in [-0.39, 0.29) is 11.7 Å². The summed E-state index contributed by atoms with van der Waals surface area (Å²) >= 11 is 5.93. The van der Waals surface area contributed by atoms with Crippen LogP contribution in [0.1, 0.15) is 37.0 Å². The van der Waals surface area contributed by atoms with Crippen molar-refractivity contribution in [3.63, 3.8) is 0 Å². The monoisotopic (exact) mass is 242 g/mol. The van der Waals surface area contributed by atoms with E-state index in [1.54, 1.807) is 6.07 Å². The number of carboxylic acids is 1. The maximum Gasteiger partial charge on any atom is 0.335 e. The topological polar surface area (TPSA) is 46.5 Å². The van der Waals surface area contributed by atoms with E-state index in [4.69, 9.17) is 21.4 Å². The van der Waals surface area contributed by atoms with Crippen molar-refractivity contribution in [2.75, 3.05) is 0 Å². The molecule has 0 fully saturated rings. The van der Waals surface area contributed by atoms with Gasteiger partial charge in [0.05, 0.1) is 16.7 Å². The highest BCUT2D eigenvalue weighted by atomic mass is 35.5. The van der Waals surface area contributed by atoms with Gasteiger partial charge in [0.25, 0.3) is 0 Å². The Hall–Kier alpha value is -1.22. The van der Waals surface area contributed by atoms with Gasteiger partial charge in [0.1, 0.15) is 5.75 Å². The van der Waals surface area contributed by atoms with Crippen molar-refractivity contribution in [1.29, 1.82) is 0 Å². The van der Waals surface area contributed by atoms with Crippen LogP contribution in [0.25, 0.3) is 0 Å². The summed E-state index contributed by atoms with van der Waals surface area (Å²) < 4.78 is 5.60. The smallest absolute Gasteiger partial charge is 0.335 e. The molecule has 0 radical (unpaired) electrons. The van der Waals surface area contributed by atoms with Gasteiger partial charge in [-0.25, -0.2) is 4.79 Å². The van der Waals surface area contributed by atoms with E-state index < -0.39 is 5.97 Å². The maximum absolute atomic E-state index is 10.7. The lowest BCUT2D eigenvalue weighted by molar-refractivity contribution is 0.0697. The predicted molar refractivity (Wildman–Crippen MR) is 63.4 cm³/mol. The summed E-state index contributed by atoms with van der Waals surface area (Å²) in [6.45, 7) is 4.04. The first-order valence-electron chi connectivity index (χ1n) is 5.24. The SMILES string of the molecule is CCCC(C)Oc1ccc(C(=O)O)cc1Cl. The van der Waals surface area contributed by atoms with E-state index >= 15 is 0 Å². The van der Waals surface area contributed by atoms with Crippen molar-refractivity contribution < 1.29 is 14.6 Å². The molecule has 1 aromatic rings. The lowest BCUT2D eigenvalue weighted by Gasteiger charge is -2.14. The molecule has 0 aliphatic rings. The predicted octanol–water partition coefficient (Wildman–Crippen LogP) is 3.61. The molecule has 0 saturated heterocycles. The minimum atomic E-state index is -0.991. The molecule has 0 aromatic heterocycles. The first kappa shape index (κ1) is 12.8. The number of carbonyl (C=O) groups is 1. The largest absolute Gasteiger partial charge is 0.489 e. The Morgan fingerprint density at radius 2 is 2.25 bits per heavy atom. The molecule has 0 bridgehead atoms. The van der Waals surface area contributed by atoms with Crippen LogP contribution in [0.5, 0.6) is 5.75 Å². The fraction of sp³-hybridized carbons (Fsp3) is 0.417. The zero-order valence-corrected chi connectivity index (χ0v) is 10.1. The van der Waals surface area contributed by atoms with Gasteiger partial charge >= 0.3 is 5.97 Å². The van der Waals surface area contributed by atoms with Gasteiger partial charge < -0.3 is 9.84 Å². The molecular formula is C12H15ClO3. The van der Waals surface area contributed by atoms with Gasteiger partial charge in [0.15, 0.2) is 0 Å². The normalized spacial score (nSPS) is 12.2. The van der Waals surface area contributed by atoms with Crippen molar-refractivity contribution in [3.05, 3.63) is 28.8 Å². The first-order chi connectivity index (χ1) is 7.54.